The standard InChI is InChI=1S/C17H18N2O6/c20-17(11-6-12(18(21)22)8-13(7-11)19(23)24)25-15-4-3-14-9-1-2-10(5-9)16(14)15/h6-10,14-16H,1-5H2/t9-,10+,14-,15-,16+/m0/s1. The predicted octanol–water partition coefficient (Wildman–Crippen LogP) is 3.48. The van der Waals surface area contributed by atoms with E-state index in [0.717, 1.165) is 37.0 Å². The van der Waals surface area contributed by atoms with Crippen molar-refractivity contribution < 1.29 is 19.4 Å². The summed E-state index contributed by atoms with van der Waals surface area (Å²) in [5.74, 6) is 1.65. The summed E-state index contributed by atoms with van der Waals surface area (Å²) in [4.78, 5) is 32.9. The Kier molecular flexibility index (Phi) is 3.70. The first kappa shape index (κ1) is 16.0. The lowest BCUT2D eigenvalue weighted by atomic mass is 9.81. The van der Waals surface area contributed by atoms with Crippen molar-refractivity contribution in [2.24, 2.45) is 23.7 Å². The van der Waals surface area contributed by atoms with E-state index in [0.29, 0.717) is 17.8 Å². The fourth-order valence-electron chi connectivity index (χ4n) is 5.28. The number of ether oxygens (including phenoxy) is 1. The van der Waals surface area contributed by atoms with Crippen molar-refractivity contribution in [3.8, 4) is 0 Å². The van der Waals surface area contributed by atoms with Crippen molar-refractivity contribution in [3.63, 3.8) is 0 Å². The van der Waals surface area contributed by atoms with Gasteiger partial charge >= 0.3 is 5.97 Å². The summed E-state index contributed by atoms with van der Waals surface area (Å²) in [7, 11) is 0. The maximum absolute atomic E-state index is 12.5. The van der Waals surface area contributed by atoms with Crippen molar-refractivity contribution in [1.82, 2.24) is 0 Å². The minimum absolute atomic E-state index is 0.132. The van der Waals surface area contributed by atoms with E-state index in [1.54, 1.807) is 0 Å². The summed E-state index contributed by atoms with van der Waals surface area (Å²) in [6, 6.07) is 2.93. The molecule has 0 spiro atoms. The highest BCUT2D eigenvalue weighted by Gasteiger charge is 2.54. The van der Waals surface area contributed by atoms with Gasteiger partial charge in [-0.05, 0) is 49.9 Å². The normalized spacial score (nSPS) is 32.4. The van der Waals surface area contributed by atoms with Crippen LogP contribution in [0.2, 0.25) is 0 Å². The SMILES string of the molecule is O=C(O[C@H]1CC[C@H]2[C@H]3CC[C@H](C3)[C@H]21)c1cc([N+](=O)[O-])cc([N+](=O)[O-])c1. The Morgan fingerprint density at radius 3 is 2.24 bits per heavy atom. The lowest BCUT2D eigenvalue weighted by molar-refractivity contribution is -0.394. The summed E-state index contributed by atoms with van der Waals surface area (Å²) in [5.41, 5.74) is -1.09. The van der Waals surface area contributed by atoms with Gasteiger partial charge in [-0.3, -0.25) is 20.2 Å². The molecule has 25 heavy (non-hydrogen) atoms. The molecule has 3 fully saturated rings. The third-order valence-corrected chi connectivity index (χ3v) is 6.19. The van der Waals surface area contributed by atoms with Crippen LogP contribution < -0.4 is 0 Å². The minimum atomic E-state index is -0.745. The van der Waals surface area contributed by atoms with Crippen LogP contribution >= 0.6 is 0 Å². The van der Waals surface area contributed by atoms with Crippen molar-refractivity contribution in [1.29, 1.82) is 0 Å². The van der Waals surface area contributed by atoms with Crippen LogP contribution in [0.5, 0.6) is 0 Å². The van der Waals surface area contributed by atoms with Gasteiger partial charge < -0.3 is 4.74 Å². The number of carbonyl (C=O) groups excluding carboxylic acids is 1. The number of fused-ring (bicyclic) bond motifs is 5. The van der Waals surface area contributed by atoms with E-state index in [-0.39, 0.29) is 11.7 Å². The molecule has 0 aromatic heterocycles. The smallest absolute Gasteiger partial charge is 0.338 e. The summed E-state index contributed by atoms with van der Waals surface area (Å²) in [5, 5.41) is 21.9. The Morgan fingerprint density at radius 1 is 0.960 bits per heavy atom. The van der Waals surface area contributed by atoms with Crippen molar-refractivity contribution in [3.05, 3.63) is 44.0 Å². The number of hydrogen-bond donors (Lipinski definition) is 0. The zero-order valence-electron chi connectivity index (χ0n) is 13.5. The second-order valence-electron chi connectivity index (χ2n) is 7.35. The van der Waals surface area contributed by atoms with E-state index in [9.17, 15) is 25.0 Å². The van der Waals surface area contributed by atoms with Gasteiger partial charge in [-0.25, -0.2) is 4.79 Å². The second-order valence-corrected chi connectivity index (χ2v) is 7.35. The van der Waals surface area contributed by atoms with Crippen LogP contribution in [0.25, 0.3) is 0 Å². The molecule has 0 saturated heterocycles. The Balaban J connectivity index is 1.55. The number of esters is 1. The second kappa shape index (κ2) is 5.79. The molecule has 0 N–H and O–H groups in total. The molecule has 2 bridgehead atoms. The van der Waals surface area contributed by atoms with Gasteiger partial charge in [-0.15, -0.1) is 0 Å². The van der Waals surface area contributed by atoms with Gasteiger partial charge in [0, 0.05) is 18.1 Å². The fraction of sp³-hybridized carbons (Fsp3) is 0.588. The van der Waals surface area contributed by atoms with Crippen LogP contribution in [0.15, 0.2) is 18.2 Å². The third-order valence-electron chi connectivity index (χ3n) is 6.19. The van der Waals surface area contributed by atoms with E-state index in [4.69, 9.17) is 4.74 Å². The van der Waals surface area contributed by atoms with Crippen LogP contribution in [0.3, 0.4) is 0 Å². The van der Waals surface area contributed by atoms with E-state index in [2.05, 4.69) is 0 Å². The number of hydrogen-bond acceptors (Lipinski definition) is 6. The molecule has 1 aromatic carbocycles. The third kappa shape index (κ3) is 2.65. The monoisotopic (exact) mass is 346 g/mol. The molecular formula is C17H18N2O6. The molecule has 3 saturated carbocycles. The number of carbonyl (C=O) groups is 1. The van der Waals surface area contributed by atoms with Crippen LogP contribution in [-0.2, 0) is 4.74 Å². The molecule has 0 aliphatic heterocycles. The predicted molar refractivity (Wildman–Crippen MR) is 86.0 cm³/mol. The highest BCUT2D eigenvalue weighted by atomic mass is 16.6. The number of non-ortho nitro benzene ring substituents is 2. The molecule has 4 rings (SSSR count). The average Bonchev–Trinajstić information content (AvgIpc) is 3.28. The topological polar surface area (TPSA) is 113 Å². The number of nitro benzene ring substituents is 2. The zero-order valence-corrected chi connectivity index (χ0v) is 13.5. The molecule has 0 heterocycles. The average molecular weight is 346 g/mol. The van der Waals surface area contributed by atoms with Crippen LogP contribution in [0.4, 0.5) is 11.4 Å². The highest BCUT2D eigenvalue weighted by molar-refractivity contribution is 5.91. The quantitative estimate of drug-likeness (QED) is 0.468. The van der Waals surface area contributed by atoms with Crippen LogP contribution in [0, 0.1) is 43.9 Å². The molecule has 8 nitrogen and oxygen atoms in total. The largest absolute Gasteiger partial charge is 0.458 e. The van der Waals surface area contributed by atoms with Gasteiger partial charge in [-0.2, -0.15) is 0 Å². The van der Waals surface area contributed by atoms with E-state index in [1.165, 1.54) is 19.3 Å². The molecule has 5 atom stereocenters. The van der Waals surface area contributed by atoms with Crippen LogP contribution in [-0.4, -0.2) is 21.9 Å². The Bertz CT molecular complexity index is 731. The lowest BCUT2D eigenvalue weighted by Gasteiger charge is -2.28. The summed E-state index contributed by atoms with van der Waals surface area (Å²) in [6.07, 6.45) is 5.35. The first-order valence-electron chi connectivity index (χ1n) is 8.59. The highest BCUT2D eigenvalue weighted by Crippen LogP contribution is 2.59. The van der Waals surface area contributed by atoms with Crippen molar-refractivity contribution >= 4 is 17.3 Å². The molecular weight excluding hydrogens is 328 g/mol. The number of nitro groups is 2. The summed E-state index contributed by atoms with van der Waals surface area (Å²) in [6.45, 7) is 0. The molecule has 3 aliphatic rings. The fourth-order valence-corrected chi connectivity index (χ4v) is 5.28. The number of rotatable bonds is 4. The molecule has 0 radical (unpaired) electrons. The maximum atomic E-state index is 12.5. The van der Waals surface area contributed by atoms with E-state index in [1.807, 2.05) is 0 Å². The van der Waals surface area contributed by atoms with Gasteiger partial charge in [0.2, 0.25) is 0 Å². The van der Waals surface area contributed by atoms with Crippen LogP contribution in [0.1, 0.15) is 42.5 Å². The molecule has 0 unspecified atom stereocenters. The van der Waals surface area contributed by atoms with Gasteiger partial charge in [0.05, 0.1) is 21.5 Å². The number of nitrogens with zero attached hydrogens (tertiary/aromatic N) is 2. The first-order valence-corrected chi connectivity index (χ1v) is 8.59. The van der Waals surface area contributed by atoms with Crippen molar-refractivity contribution in [2.75, 3.05) is 0 Å². The lowest BCUT2D eigenvalue weighted by Crippen LogP contribution is -2.29. The summed E-state index contributed by atoms with van der Waals surface area (Å²) < 4.78 is 5.65. The number of benzene rings is 1. The van der Waals surface area contributed by atoms with E-state index >= 15 is 0 Å². The van der Waals surface area contributed by atoms with Gasteiger partial charge in [-0.1, -0.05) is 0 Å². The van der Waals surface area contributed by atoms with Gasteiger partial charge in [0.25, 0.3) is 11.4 Å². The molecule has 132 valence electrons. The molecule has 1 aromatic rings. The zero-order chi connectivity index (χ0) is 17.7. The molecule has 0 amide bonds. The Hall–Kier alpha value is -2.51. The van der Waals surface area contributed by atoms with Gasteiger partial charge in [0.1, 0.15) is 6.10 Å². The molecule has 3 aliphatic carbocycles. The van der Waals surface area contributed by atoms with Crippen molar-refractivity contribution in [2.45, 2.75) is 38.2 Å². The van der Waals surface area contributed by atoms with Gasteiger partial charge in [0.15, 0.2) is 0 Å². The molecule has 8 heteroatoms. The minimum Gasteiger partial charge on any atom is -0.458 e. The maximum Gasteiger partial charge on any atom is 0.338 e. The Labute approximate surface area is 143 Å². The Morgan fingerprint density at radius 2 is 1.60 bits per heavy atom. The van der Waals surface area contributed by atoms with E-state index < -0.39 is 27.2 Å². The summed E-state index contributed by atoms with van der Waals surface area (Å²) >= 11 is 0. The first-order chi connectivity index (χ1) is 11.9.